The molecule has 0 amide bonds. The van der Waals surface area contributed by atoms with Crippen LogP contribution in [0, 0.1) is 11.7 Å². The lowest BCUT2D eigenvalue weighted by atomic mass is 9.76. The Balaban J connectivity index is 1.37. The molecule has 2 aliphatic carbocycles. The first kappa shape index (κ1) is 19.9. The zero-order chi connectivity index (χ0) is 19.3. The van der Waals surface area contributed by atoms with Gasteiger partial charge in [-0.05, 0) is 85.3 Å². The smallest absolute Gasteiger partial charge is 0.123 e. The van der Waals surface area contributed by atoms with E-state index in [4.69, 9.17) is 5.73 Å². The predicted molar refractivity (Wildman–Crippen MR) is 117 cm³/mol. The normalized spacial score (nSPS) is 21.5. The number of fused-ring (bicyclic) bond motifs is 1. The van der Waals surface area contributed by atoms with E-state index in [2.05, 4.69) is 22.9 Å². The van der Waals surface area contributed by atoms with Crippen LogP contribution in [0.1, 0.15) is 53.9 Å². The Morgan fingerprint density at radius 1 is 1.04 bits per heavy atom. The molecule has 2 nitrogen and oxygen atoms in total. The highest BCUT2D eigenvalue weighted by Crippen LogP contribution is 2.34. The molecule has 4 rings (SSSR count). The predicted octanol–water partition coefficient (Wildman–Crippen LogP) is 5.01. The first-order valence-corrected chi connectivity index (χ1v) is 11.6. The Bertz CT molecular complexity index is 773. The third kappa shape index (κ3) is 5.37. The average molecular weight is 399 g/mol. The van der Waals surface area contributed by atoms with Gasteiger partial charge in [0.25, 0.3) is 0 Å². The van der Waals surface area contributed by atoms with Gasteiger partial charge in [0.05, 0.1) is 0 Å². The first-order chi connectivity index (χ1) is 13.7. The summed E-state index contributed by atoms with van der Waals surface area (Å²) in [5.41, 5.74) is 11.9. The van der Waals surface area contributed by atoms with Crippen LogP contribution in [0.15, 0.2) is 42.5 Å². The summed E-state index contributed by atoms with van der Waals surface area (Å²) in [6.07, 6.45) is 8.08. The summed E-state index contributed by atoms with van der Waals surface area (Å²) in [6.45, 7) is 1.06. The largest absolute Gasteiger partial charge is 0.327 e. The Morgan fingerprint density at radius 3 is 2.61 bits per heavy atom. The summed E-state index contributed by atoms with van der Waals surface area (Å²) < 4.78 is 16.7. The van der Waals surface area contributed by atoms with Gasteiger partial charge >= 0.3 is 0 Å². The number of hydrogen-bond acceptors (Lipinski definition) is 3. The van der Waals surface area contributed by atoms with Crippen molar-refractivity contribution < 1.29 is 4.39 Å². The van der Waals surface area contributed by atoms with E-state index in [-0.39, 0.29) is 11.9 Å². The Labute approximate surface area is 172 Å². The van der Waals surface area contributed by atoms with Crippen molar-refractivity contribution in [2.45, 2.75) is 56.9 Å². The third-order valence-electron chi connectivity index (χ3n) is 6.10. The molecular weight excluding hydrogens is 367 g/mol. The number of nitrogens with one attached hydrogen (secondary N) is 1. The van der Waals surface area contributed by atoms with Crippen LogP contribution in [0.3, 0.4) is 0 Å². The highest BCUT2D eigenvalue weighted by atomic mass is 32.2. The monoisotopic (exact) mass is 398 g/mol. The number of aryl methyl sites for hydroxylation is 2. The molecule has 150 valence electrons. The minimum Gasteiger partial charge on any atom is -0.327 e. The van der Waals surface area contributed by atoms with Crippen LogP contribution in [0.25, 0.3) is 0 Å². The van der Waals surface area contributed by atoms with Crippen molar-refractivity contribution >= 4 is 11.9 Å². The van der Waals surface area contributed by atoms with Gasteiger partial charge in [-0.15, -0.1) is 0 Å². The lowest BCUT2D eigenvalue weighted by Gasteiger charge is -2.32. The molecule has 0 heterocycles. The van der Waals surface area contributed by atoms with Gasteiger partial charge in [-0.1, -0.05) is 42.3 Å². The molecule has 1 saturated carbocycles. The van der Waals surface area contributed by atoms with Crippen LogP contribution in [0.2, 0.25) is 0 Å². The number of rotatable bonds is 9. The maximum absolute atomic E-state index is 13.2. The van der Waals surface area contributed by atoms with E-state index in [0.29, 0.717) is 5.92 Å². The van der Waals surface area contributed by atoms with Crippen molar-refractivity contribution in [2.24, 2.45) is 11.7 Å². The summed E-state index contributed by atoms with van der Waals surface area (Å²) in [5.74, 6) is 2.38. The van der Waals surface area contributed by atoms with Crippen LogP contribution in [-0.4, -0.2) is 18.3 Å². The van der Waals surface area contributed by atoms with Gasteiger partial charge in [-0.25, -0.2) is 4.39 Å². The summed E-state index contributed by atoms with van der Waals surface area (Å²) in [4.78, 5) is 0. The fourth-order valence-corrected chi connectivity index (χ4v) is 5.14. The van der Waals surface area contributed by atoms with Crippen molar-refractivity contribution in [1.29, 1.82) is 0 Å². The molecule has 2 unspecified atom stereocenters. The van der Waals surface area contributed by atoms with Crippen LogP contribution in [-0.2, 0) is 19.3 Å². The van der Waals surface area contributed by atoms with Gasteiger partial charge in [0, 0.05) is 24.3 Å². The number of halogens is 1. The van der Waals surface area contributed by atoms with E-state index in [1.54, 1.807) is 12.1 Å². The van der Waals surface area contributed by atoms with Crippen molar-refractivity contribution in [1.82, 2.24) is 4.72 Å². The van der Waals surface area contributed by atoms with Crippen molar-refractivity contribution in [2.75, 3.05) is 12.3 Å². The van der Waals surface area contributed by atoms with E-state index in [9.17, 15) is 4.39 Å². The van der Waals surface area contributed by atoms with Gasteiger partial charge in [-0.2, -0.15) is 0 Å². The lowest BCUT2D eigenvalue weighted by Crippen LogP contribution is -2.34. The van der Waals surface area contributed by atoms with Gasteiger partial charge in [0.15, 0.2) is 0 Å². The molecule has 28 heavy (non-hydrogen) atoms. The molecule has 0 radical (unpaired) electrons. The maximum atomic E-state index is 13.2. The van der Waals surface area contributed by atoms with Gasteiger partial charge in [-0.3, -0.25) is 4.72 Å². The maximum Gasteiger partial charge on any atom is 0.123 e. The molecule has 2 aromatic rings. The van der Waals surface area contributed by atoms with E-state index < -0.39 is 0 Å². The van der Waals surface area contributed by atoms with Crippen molar-refractivity contribution in [3.05, 3.63) is 70.5 Å². The number of nitrogens with two attached hydrogens (primary N) is 1. The summed E-state index contributed by atoms with van der Waals surface area (Å²) in [5, 5.41) is 0. The van der Waals surface area contributed by atoms with Crippen molar-refractivity contribution in [3.8, 4) is 0 Å². The SMILES string of the molecule is NC1CCc2ccc(CCCNSCC3CC3)cc2C1Cc1ccc(F)cc1. The zero-order valence-electron chi connectivity index (χ0n) is 16.5. The minimum absolute atomic E-state index is 0.174. The molecule has 3 N–H and O–H groups in total. The fourth-order valence-electron chi connectivity index (χ4n) is 4.16. The zero-order valence-corrected chi connectivity index (χ0v) is 17.3. The first-order valence-electron chi connectivity index (χ1n) is 10.7. The van der Waals surface area contributed by atoms with Crippen LogP contribution >= 0.6 is 11.9 Å². The molecule has 2 aromatic carbocycles. The lowest BCUT2D eigenvalue weighted by molar-refractivity contribution is 0.467. The molecule has 0 saturated heterocycles. The van der Waals surface area contributed by atoms with Crippen LogP contribution < -0.4 is 10.5 Å². The Kier molecular flexibility index (Phi) is 6.71. The van der Waals surface area contributed by atoms with Crippen molar-refractivity contribution in [3.63, 3.8) is 0 Å². The third-order valence-corrected chi connectivity index (χ3v) is 7.15. The second-order valence-corrected chi connectivity index (χ2v) is 9.34. The topological polar surface area (TPSA) is 38.0 Å². The number of hydrogen-bond donors (Lipinski definition) is 2. The molecule has 0 aromatic heterocycles. The van der Waals surface area contributed by atoms with Gasteiger partial charge in [0.1, 0.15) is 5.82 Å². The molecule has 2 aliphatic rings. The molecule has 0 bridgehead atoms. The molecule has 0 spiro atoms. The quantitative estimate of drug-likeness (QED) is 0.461. The summed E-state index contributed by atoms with van der Waals surface area (Å²) in [6, 6.07) is 14.1. The second-order valence-electron chi connectivity index (χ2n) is 8.43. The highest BCUT2D eigenvalue weighted by Gasteiger charge is 2.27. The Hall–Kier alpha value is -1.36. The molecule has 4 heteroatoms. The molecular formula is C24H31FN2S. The molecule has 0 aliphatic heterocycles. The second kappa shape index (κ2) is 9.43. The number of benzene rings is 2. The fraction of sp³-hybridized carbons (Fsp3) is 0.500. The highest BCUT2D eigenvalue weighted by molar-refractivity contribution is 7.97. The minimum atomic E-state index is -0.178. The summed E-state index contributed by atoms with van der Waals surface area (Å²) >= 11 is 1.89. The molecule has 1 fully saturated rings. The van der Waals surface area contributed by atoms with E-state index in [0.717, 1.165) is 50.1 Å². The standard InChI is InChI=1S/C24H31FN2S/c25-21-10-6-18(7-11-21)15-23-22-14-17(5-8-20(22)9-12-24(23)26)2-1-13-27-28-16-19-3-4-19/h5-8,10-11,14,19,23-24,27H,1-4,9,12-13,15-16,26H2. The van der Waals surface area contributed by atoms with Crippen LogP contribution in [0.5, 0.6) is 0 Å². The molecule has 2 atom stereocenters. The van der Waals surface area contributed by atoms with Crippen LogP contribution in [0.4, 0.5) is 4.39 Å². The van der Waals surface area contributed by atoms with E-state index in [1.807, 2.05) is 24.1 Å². The Morgan fingerprint density at radius 2 is 1.82 bits per heavy atom. The van der Waals surface area contributed by atoms with Gasteiger partial charge in [0.2, 0.25) is 0 Å². The van der Waals surface area contributed by atoms with E-state index >= 15 is 0 Å². The summed E-state index contributed by atoms with van der Waals surface area (Å²) in [7, 11) is 0. The van der Waals surface area contributed by atoms with E-state index in [1.165, 1.54) is 35.3 Å². The van der Waals surface area contributed by atoms with Gasteiger partial charge < -0.3 is 5.73 Å². The average Bonchev–Trinajstić information content (AvgIpc) is 3.53.